The van der Waals surface area contributed by atoms with Gasteiger partial charge in [-0.1, -0.05) is 0 Å². The zero-order valence-electron chi connectivity index (χ0n) is 13.0. The van der Waals surface area contributed by atoms with Crippen LogP contribution in [0, 0.1) is 0 Å². The average molecular weight is 291 g/mol. The first-order chi connectivity index (χ1) is 10.1. The summed E-state index contributed by atoms with van der Waals surface area (Å²) < 4.78 is 0. The first-order valence-corrected chi connectivity index (χ1v) is 7.47. The van der Waals surface area contributed by atoms with Crippen molar-refractivity contribution in [3.05, 3.63) is 23.9 Å². The molecule has 1 aliphatic rings. The Balaban J connectivity index is 2.00. The predicted molar refractivity (Wildman–Crippen MR) is 84.6 cm³/mol. The summed E-state index contributed by atoms with van der Waals surface area (Å²) in [6, 6.07) is 3.79. The van der Waals surface area contributed by atoms with Crippen LogP contribution in [-0.4, -0.2) is 74.1 Å². The lowest BCUT2D eigenvalue weighted by Crippen LogP contribution is -2.34. The highest BCUT2D eigenvalue weighted by molar-refractivity contribution is 5.93. The van der Waals surface area contributed by atoms with Gasteiger partial charge in [0.25, 0.3) is 5.91 Å². The quantitative estimate of drug-likeness (QED) is 0.862. The largest absolute Gasteiger partial charge is 0.355 e. The number of anilines is 1. The van der Waals surface area contributed by atoms with E-state index in [9.17, 15) is 4.79 Å². The van der Waals surface area contributed by atoms with Gasteiger partial charge in [-0.15, -0.1) is 0 Å². The molecule has 2 rings (SSSR count). The fourth-order valence-corrected chi connectivity index (χ4v) is 2.56. The summed E-state index contributed by atoms with van der Waals surface area (Å²) in [4.78, 5) is 22.5. The van der Waals surface area contributed by atoms with Crippen LogP contribution in [0.3, 0.4) is 0 Å². The predicted octanol–water partition coefficient (Wildman–Crippen LogP) is 0.254. The van der Waals surface area contributed by atoms with Crippen molar-refractivity contribution in [3.8, 4) is 0 Å². The average Bonchev–Trinajstić information content (AvgIpc) is 2.73. The number of amides is 1. The van der Waals surface area contributed by atoms with Crippen molar-refractivity contribution < 1.29 is 4.79 Å². The summed E-state index contributed by atoms with van der Waals surface area (Å²) in [6.45, 7) is 5.71. The number of hydrogen-bond donors (Lipinski definition) is 1. The topological polar surface area (TPSA) is 65.7 Å². The number of nitrogens with zero attached hydrogens (tertiary/aromatic N) is 4. The van der Waals surface area contributed by atoms with Gasteiger partial charge in [0.1, 0.15) is 5.82 Å². The highest BCUT2D eigenvalue weighted by Gasteiger charge is 2.16. The van der Waals surface area contributed by atoms with Gasteiger partial charge in [0.2, 0.25) is 0 Å². The van der Waals surface area contributed by atoms with Crippen LogP contribution in [0.4, 0.5) is 5.82 Å². The van der Waals surface area contributed by atoms with Crippen LogP contribution in [0.2, 0.25) is 0 Å². The number of rotatable bonds is 4. The molecule has 0 spiro atoms. The maximum atomic E-state index is 11.9. The van der Waals surface area contributed by atoms with E-state index < -0.39 is 0 Å². The molecule has 0 unspecified atom stereocenters. The Morgan fingerprint density at radius 2 is 2.10 bits per heavy atom. The summed E-state index contributed by atoms with van der Waals surface area (Å²) in [6.07, 6.45) is 2.78. The van der Waals surface area contributed by atoms with Crippen molar-refractivity contribution in [1.29, 1.82) is 0 Å². The van der Waals surface area contributed by atoms with Crippen molar-refractivity contribution in [2.45, 2.75) is 6.42 Å². The first-order valence-electron chi connectivity index (χ1n) is 7.47. The first kappa shape index (κ1) is 15.7. The summed E-state index contributed by atoms with van der Waals surface area (Å²) in [5.74, 6) is 0.930. The molecule has 0 saturated carbocycles. The normalized spacial score (nSPS) is 16.6. The Morgan fingerprint density at radius 1 is 1.29 bits per heavy atom. The molecular formula is C15H25N5O. The lowest BCUT2D eigenvalue weighted by molar-refractivity contribution is 0.0827. The van der Waals surface area contributed by atoms with E-state index >= 15 is 0 Å². The van der Waals surface area contributed by atoms with Gasteiger partial charge in [0.05, 0.1) is 5.56 Å². The SMILES string of the molecule is CN(C)C(=O)c1ccc(N2CCCN(CCN)CC2)nc1. The maximum Gasteiger partial charge on any atom is 0.254 e. The molecule has 0 aliphatic carbocycles. The minimum absolute atomic E-state index is 0.0148. The van der Waals surface area contributed by atoms with Gasteiger partial charge >= 0.3 is 0 Å². The minimum atomic E-state index is -0.0148. The van der Waals surface area contributed by atoms with E-state index in [1.54, 1.807) is 25.2 Å². The summed E-state index contributed by atoms with van der Waals surface area (Å²) in [5, 5.41) is 0. The molecule has 0 atom stereocenters. The van der Waals surface area contributed by atoms with E-state index in [4.69, 9.17) is 5.73 Å². The molecule has 0 radical (unpaired) electrons. The fraction of sp³-hybridized carbons (Fsp3) is 0.600. The van der Waals surface area contributed by atoms with Gasteiger partial charge < -0.3 is 20.4 Å². The van der Waals surface area contributed by atoms with Crippen molar-refractivity contribution >= 4 is 11.7 Å². The molecule has 0 aromatic carbocycles. The second kappa shape index (κ2) is 7.38. The van der Waals surface area contributed by atoms with Gasteiger partial charge in [-0.05, 0) is 25.1 Å². The molecular weight excluding hydrogens is 266 g/mol. The van der Waals surface area contributed by atoms with Crippen LogP contribution in [-0.2, 0) is 0 Å². The number of hydrogen-bond acceptors (Lipinski definition) is 5. The third-order valence-electron chi connectivity index (χ3n) is 3.76. The van der Waals surface area contributed by atoms with Crippen molar-refractivity contribution in [3.63, 3.8) is 0 Å². The highest BCUT2D eigenvalue weighted by Crippen LogP contribution is 2.14. The van der Waals surface area contributed by atoms with Crippen molar-refractivity contribution in [2.75, 3.05) is 58.3 Å². The van der Waals surface area contributed by atoms with E-state index in [-0.39, 0.29) is 5.91 Å². The number of pyridine rings is 1. The molecule has 0 bridgehead atoms. The van der Waals surface area contributed by atoms with Gasteiger partial charge in [-0.3, -0.25) is 4.79 Å². The summed E-state index contributed by atoms with van der Waals surface area (Å²) >= 11 is 0. The molecule has 6 nitrogen and oxygen atoms in total. The van der Waals surface area contributed by atoms with E-state index in [1.165, 1.54) is 0 Å². The summed E-state index contributed by atoms with van der Waals surface area (Å²) in [7, 11) is 3.49. The van der Waals surface area contributed by atoms with Gasteiger partial charge in [0, 0.05) is 53.0 Å². The van der Waals surface area contributed by atoms with Gasteiger partial charge in [-0.25, -0.2) is 4.98 Å². The fourth-order valence-electron chi connectivity index (χ4n) is 2.56. The van der Waals surface area contributed by atoms with E-state index in [2.05, 4.69) is 14.8 Å². The van der Waals surface area contributed by atoms with Crippen LogP contribution in [0.15, 0.2) is 18.3 Å². The third-order valence-corrected chi connectivity index (χ3v) is 3.76. The van der Waals surface area contributed by atoms with Gasteiger partial charge in [-0.2, -0.15) is 0 Å². The van der Waals surface area contributed by atoms with Crippen LogP contribution in [0.25, 0.3) is 0 Å². The maximum absolute atomic E-state index is 11.9. The van der Waals surface area contributed by atoms with Crippen molar-refractivity contribution in [1.82, 2.24) is 14.8 Å². The molecule has 1 saturated heterocycles. The minimum Gasteiger partial charge on any atom is -0.355 e. The van der Waals surface area contributed by atoms with Crippen LogP contribution in [0.1, 0.15) is 16.8 Å². The lowest BCUT2D eigenvalue weighted by atomic mass is 10.2. The number of carbonyl (C=O) groups excluding carboxylic acids is 1. The van der Waals surface area contributed by atoms with E-state index in [1.807, 2.05) is 12.1 Å². The van der Waals surface area contributed by atoms with Gasteiger partial charge in [0.15, 0.2) is 0 Å². The summed E-state index contributed by atoms with van der Waals surface area (Å²) in [5.41, 5.74) is 6.25. The highest BCUT2D eigenvalue weighted by atomic mass is 16.2. The molecule has 21 heavy (non-hydrogen) atoms. The Hall–Kier alpha value is -1.66. The molecule has 1 amide bonds. The Bertz CT molecular complexity index is 460. The molecule has 1 aromatic heterocycles. The third kappa shape index (κ3) is 4.15. The number of aromatic nitrogens is 1. The zero-order chi connectivity index (χ0) is 15.2. The molecule has 2 heterocycles. The van der Waals surface area contributed by atoms with E-state index in [0.717, 1.165) is 45.0 Å². The van der Waals surface area contributed by atoms with Crippen LogP contribution >= 0.6 is 0 Å². The monoisotopic (exact) mass is 291 g/mol. The second-order valence-electron chi connectivity index (χ2n) is 5.58. The molecule has 2 N–H and O–H groups in total. The molecule has 6 heteroatoms. The van der Waals surface area contributed by atoms with Crippen LogP contribution in [0.5, 0.6) is 0 Å². The molecule has 1 aromatic rings. The van der Waals surface area contributed by atoms with E-state index in [0.29, 0.717) is 12.1 Å². The molecule has 1 aliphatic heterocycles. The molecule has 116 valence electrons. The standard InChI is InChI=1S/C15H25N5O/c1-18(2)15(21)13-4-5-14(17-12-13)20-8-3-7-19(9-6-16)10-11-20/h4-5,12H,3,6-11,16H2,1-2H3. The number of carbonyl (C=O) groups is 1. The second-order valence-corrected chi connectivity index (χ2v) is 5.58. The van der Waals surface area contributed by atoms with Crippen LogP contribution < -0.4 is 10.6 Å². The van der Waals surface area contributed by atoms with Crippen molar-refractivity contribution in [2.24, 2.45) is 5.73 Å². The Kier molecular flexibility index (Phi) is 5.52. The Morgan fingerprint density at radius 3 is 2.71 bits per heavy atom. The molecule has 1 fully saturated rings. The lowest BCUT2D eigenvalue weighted by Gasteiger charge is -2.22. The zero-order valence-corrected chi connectivity index (χ0v) is 13.0. The number of nitrogens with two attached hydrogens (primary N) is 1. The smallest absolute Gasteiger partial charge is 0.254 e. The Labute approximate surface area is 126 Å².